The van der Waals surface area contributed by atoms with Crippen LogP contribution in [0.3, 0.4) is 0 Å². The molecule has 0 aliphatic carbocycles. The van der Waals surface area contributed by atoms with E-state index in [2.05, 4.69) is 20.8 Å². The lowest BCUT2D eigenvalue weighted by atomic mass is 9.93. The third-order valence-electron chi connectivity index (χ3n) is 1.29. The zero-order valence-corrected chi connectivity index (χ0v) is 6.20. The number of hydrogen-bond donors (Lipinski definition) is 0. The quantitative estimate of drug-likeness (QED) is 0.365. The second-order valence-corrected chi connectivity index (χ2v) is 3.70. The molecule has 0 unspecified atom stereocenters. The zero-order valence-electron chi connectivity index (χ0n) is 5.44. The van der Waals surface area contributed by atoms with Crippen molar-refractivity contribution in [3.8, 4) is 0 Å². The van der Waals surface area contributed by atoms with Crippen LogP contribution in [-0.2, 0) is 4.74 Å². The molecule has 0 saturated carbocycles. The Bertz CT molecular complexity index is 95.2. The molecular weight excluding hydrogens is 124 g/mol. The fourth-order valence-corrected chi connectivity index (χ4v) is 1.18. The van der Waals surface area contributed by atoms with Crippen LogP contribution in [-0.4, -0.2) is 11.7 Å². The normalized spacial score (nSPS) is 37.5. The predicted molar refractivity (Wildman–Crippen MR) is 34.0 cm³/mol. The number of hydrogen-bond acceptors (Lipinski definition) is 1. The highest BCUT2D eigenvalue weighted by Gasteiger charge is 2.45. The van der Waals surface area contributed by atoms with Crippen LogP contribution < -0.4 is 0 Å². The molecule has 0 aromatic carbocycles. The Morgan fingerprint density at radius 3 is 1.75 bits per heavy atom. The molecule has 1 saturated heterocycles. The van der Waals surface area contributed by atoms with Crippen LogP contribution in [0.2, 0.25) is 0 Å². The first kappa shape index (κ1) is 6.37. The standard InChI is InChI=1S/C6H11ClO/c1-6(2,3)4-5(7)8-4/h4-5H,1-3H3/t4-,5+/m0/s1. The lowest BCUT2D eigenvalue weighted by Gasteiger charge is -2.12. The molecule has 1 fully saturated rings. The minimum atomic E-state index is -0.0185. The Morgan fingerprint density at radius 2 is 1.75 bits per heavy atom. The summed E-state index contributed by atoms with van der Waals surface area (Å²) in [5.74, 6) is 0. The SMILES string of the molecule is CC(C)(C)[C@H]1O[C@H]1Cl. The molecule has 1 aliphatic heterocycles. The van der Waals surface area contributed by atoms with Crippen molar-refractivity contribution >= 4 is 11.6 Å². The molecule has 2 atom stereocenters. The molecule has 1 rings (SSSR count). The Hall–Kier alpha value is 0.250. The maximum atomic E-state index is 5.61. The van der Waals surface area contributed by atoms with Gasteiger partial charge in [0.05, 0.1) is 0 Å². The molecule has 8 heavy (non-hydrogen) atoms. The topological polar surface area (TPSA) is 12.5 Å². The van der Waals surface area contributed by atoms with E-state index in [9.17, 15) is 0 Å². The van der Waals surface area contributed by atoms with Crippen molar-refractivity contribution in [3.63, 3.8) is 0 Å². The van der Waals surface area contributed by atoms with Gasteiger partial charge in [0.1, 0.15) is 6.10 Å². The summed E-state index contributed by atoms with van der Waals surface area (Å²) in [6.45, 7) is 6.38. The highest BCUT2D eigenvalue weighted by Crippen LogP contribution is 2.39. The second-order valence-electron chi connectivity index (χ2n) is 3.27. The zero-order chi connectivity index (χ0) is 6.36. The van der Waals surface area contributed by atoms with E-state index in [-0.39, 0.29) is 17.1 Å². The van der Waals surface area contributed by atoms with Gasteiger partial charge in [-0.1, -0.05) is 32.4 Å². The summed E-state index contributed by atoms with van der Waals surface area (Å²) in [5, 5.41) is 0. The van der Waals surface area contributed by atoms with Gasteiger partial charge in [-0.05, 0) is 5.41 Å². The first-order valence-corrected chi connectivity index (χ1v) is 3.25. The molecule has 0 amide bonds. The molecule has 1 nitrogen and oxygen atoms in total. The van der Waals surface area contributed by atoms with Crippen LogP contribution in [0.1, 0.15) is 20.8 Å². The summed E-state index contributed by atoms with van der Waals surface area (Å²) in [5.41, 5.74) is 0.210. The van der Waals surface area contributed by atoms with E-state index in [0.29, 0.717) is 0 Å². The van der Waals surface area contributed by atoms with Gasteiger partial charge in [0.2, 0.25) is 0 Å². The van der Waals surface area contributed by atoms with E-state index < -0.39 is 0 Å². The van der Waals surface area contributed by atoms with Crippen LogP contribution >= 0.6 is 11.6 Å². The third kappa shape index (κ3) is 1.15. The fraction of sp³-hybridized carbons (Fsp3) is 1.00. The largest absolute Gasteiger partial charge is 0.352 e. The maximum absolute atomic E-state index is 5.61. The molecule has 0 radical (unpaired) electrons. The summed E-state index contributed by atoms with van der Waals surface area (Å²) < 4.78 is 5.05. The number of rotatable bonds is 0. The summed E-state index contributed by atoms with van der Waals surface area (Å²) in [7, 11) is 0. The minimum absolute atomic E-state index is 0.0185. The van der Waals surface area contributed by atoms with Crippen LogP contribution in [0.15, 0.2) is 0 Å². The smallest absolute Gasteiger partial charge is 0.158 e. The molecule has 0 aromatic heterocycles. The molecule has 0 spiro atoms. The Morgan fingerprint density at radius 1 is 1.38 bits per heavy atom. The van der Waals surface area contributed by atoms with E-state index in [1.807, 2.05) is 0 Å². The van der Waals surface area contributed by atoms with Gasteiger partial charge >= 0.3 is 0 Å². The first-order chi connectivity index (χ1) is 3.52. The highest BCUT2D eigenvalue weighted by molar-refractivity contribution is 6.21. The van der Waals surface area contributed by atoms with Crippen molar-refractivity contribution in [2.45, 2.75) is 32.4 Å². The molecule has 0 bridgehead atoms. The summed E-state index contributed by atoms with van der Waals surface area (Å²) in [4.78, 5) is 0. The Kier molecular flexibility index (Phi) is 1.28. The number of ether oxygens (including phenoxy) is 1. The lowest BCUT2D eigenvalue weighted by Crippen LogP contribution is -2.14. The monoisotopic (exact) mass is 134 g/mol. The van der Waals surface area contributed by atoms with Crippen molar-refractivity contribution in [1.29, 1.82) is 0 Å². The average Bonchev–Trinajstić information content (AvgIpc) is 2.13. The van der Waals surface area contributed by atoms with Crippen LogP contribution in [0.5, 0.6) is 0 Å². The van der Waals surface area contributed by atoms with Crippen molar-refractivity contribution < 1.29 is 4.74 Å². The van der Waals surface area contributed by atoms with E-state index in [1.54, 1.807) is 0 Å². The Labute approximate surface area is 55.0 Å². The van der Waals surface area contributed by atoms with Crippen LogP contribution in [0, 0.1) is 5.41 Å². The van der Waals surface area contributed by atoms with Crippen molar-refractivity contribution in [2.75, 3.05) is 0 Å². The fourth-order valence-electron chi connectivity index (χ4n) is 0.692. The van der Waals surface area contributed by atoms with Gasteiger partial charge in [-0.2, -0.15) is 0 Å². The van der Waals surface area contributed by atoms with Crippen LogP contribution in [0.4, 0.5) is 0 Å². The van der Waals surface area contributed by atoms with E-state index in [0.717, 1.165) is 0 Å². The second kappa shape index (κ2) is 1.61. The number of epoxide rings is 1. The molecular formula is C6H11ClO. The van der Waals surface area contributed by atoms with Gasteiger partial charge in [-0.3, -0.25) is 0 Å². The van der Waals surface area contributed by atoms with E-state index >= 15 is 0 Å². The summed E-state index contributed by atoms with van der Waals surface area (Å²) >= 11 is 5.61. The van der Waals surface area contributed by atoms with Gasteiger partial charge in [-0.25, -0.2) is 0 Å². The third-order valence-corrected chi connectivity index (χ3v) is 1.62. The predicted octanol–water partition coefficient (Wildman–Crippen LogP) is 2.00. The summed E-state index contributed by atoms with van der Waals surface area (Å²) in [6, 6.07) is 0. The van der Waals surface area contributed by atoms with Crippen LogP contribution in [0.25, 0.3) is 0 Å². The number of alkyl halides is 1. The summed E-state index contributed by atoms with van der Waals surface area (Å²) in [6.07, 6.45) is 0.282. The minimum Gasteiger partial charge on any atom is -0.352 e. The molecule has 0 aromatic rings. The van der Waals surface area contributed by atoms with Gasteiger partial charge in [-0.15, -0.1) is 0 Å². The molecule has 48 valence electrons. The van der Waals surface area contributed by atoms with Gasteiger partial charge in [0, 0.05) is 0 Å². The number of halogens is 1. The molecule has 0 N–H and O–H groups in total. The van der Waals surface area contributed by atoms with Crippen molar-refractivity contribution in [2.24, 2.45) is 5.41 Å². The average molecular weight is 135 g/mol. The van der Waals surface area contributed by atoms with Crippen molar-refractivity contribution in [1.82, 2.24) is 0 Å². The van der Waals surface area contributed by atoms with E-state index in [1.165, 1.54) is 0 Å². The lowest BCUT2D eigenvalue weighted by molar-refractivity contribution is 0.264. The van der Waals surface area contributed by atoms with Crippen molar-refractivity contribution in [3.05, 3.63) is 0 Å². The maximum Gasteiger partial charge on any atom is 0.158 e. The van der Waals surface area contributed by atoms with E-state index in [4.69, 9.17) is 16.3 Å². The first-order valence-electron chi connectivity index (χ1n) is 2.81. The van der Waals surface area contributed by atoms with Gasteiger partial charge in [0.15, 0.2) is 5.56 Å². The Balaban J connectivity index is 2.39. The molecule has 1 aliphatic rings. The van der Waals surface area contributed by atoms with Gasteiger partial charge in [0.25, 0.3) is 0 Å². The van der Waals surface area contributed by atoms with Gasteiger partial charge < -0.3 is 4.74 Å². The molecule has 2 heteroatoms. The molecule has 1 heterocycles. The highest BCUT2D eigenvalue weighted by atomic mass is 35.5.